The molecule has 1 aliphatic rings. The van der Waals surface area contributed by atoms with E-state index in [-0.39, 0.29) is 0 Å². The zero-order valence-electron chi connectivity index (χ0n) is 14.1. The van der Waals surface area contributed by atoms with Gasteiger partial charge in [-0.1, -0.05) is 12.1 Å². The summed E-state index contributed by atoms with van der Waals surface area (Å²) < 4.78 is 0. The summed E-state index contributed by atoms with van der Waals surface area (Å²) in [6.45, 7) is 2.15. The number of phenols is 1. The van der Waals surface area contributed by atoms with Crippen LogP contribution in [0.3, 0.4) is 0 Å². The first kappa shape index (κ1) is 19.4. The van der Waals surface area contributed by atoms with Crippen molar-refractivity contribution in [3.8, 4) is 5.75 Å². The molecule has 11 heteroatoms. The molecule has 0 unspecified atom stereocenters. The third-order valence-corrected chi connectivity index (χ3v) is 3.81. The number of nitrogens with zero attached hydrogens (tertiary/aromatic N) is 4. The summed E-state index contributed by atoms with van der Waals surface area (Å²) >= 11 is 0. The molecule has 1 aliphatic carbocycles. The Hall–Kier alpha value is -3.89. The number of benzene rings is 1. The summed E-state index contributed by atoms with van der Waals surface area (Å²) in [6.07, 6.45) is 6.41. The molecule has 3 rings (SSSR count). The zero-order chi connectivity index (χ0) is 20.1. The van der Waals surface area contributed by atoms with Crippen LogP contribution in [0.1, 0.15) is 24.6 Å². The number of rotatable bonds is 3. The van der Waals surface area contributed by atoms with E-state index < -0.39 is 37.6 Å². The highest BCUT2D eigenvalue weighted by Crippen LogP contribution is 2.38. The van der Waals surface area contributed by atoms with E-state index in [1.54, 1.807) is 0 Å². The minimum atomic E-state index is -1.21. The molecular formula is C16H14N4O7. The number of fused-ring (bicyclic) bond motifs is 1. The Labute approximate surface area is 152 Å². The molecule has 11 nitrogen and oxygen atoms in total. The molecule has 0 saturated heterocycles. The summed E-state index contributed by atoms with van der Waals surface area (Å²) in [6, 6.07) is 5.04. The molecule has 1 aromatic heterocycles. The largest absolute Gasteiger partial charge is 0.497 e. The Morgan fingerprint density at radius 1 is 1.04 bits per heavy atom. The second-order valence-corrected chi connectivity index (χ2v) is 5.53. The van der Waals surface area contributed by atoms with Crippen LogP contribution in [-0.2, 0) is 6.42 Å². The molecule has 0 spiro atoms. The lowest BCUT2D eigenvalue weighted by Gasteiger charge is -2.12. The lowest BCUT2D eigenvalue weighted by Crippen LogP contribution is -1.99. The number of phenolic OH excluding ortho intramolecular Hbond substituents is 1. The monoisotopic (exact) mass is 374 g/mol. The first-order chi connectivity index (χ1) is 12.7. The van der Waals surface area contributed by atoms with Gasteiger partial charge >= 0.3 is 11.4 Å². The van der Waals surface area contributed by atoms with Gasteiger partial charge in [0, 0.05) is 11.9 Å². The van der Waals surface area contributed by atoms with Crippen molar-refractivity contribution in [3.05, 3.63) is 78.1 Å². The Balaban J connectivity index is 0.000000206. The maximum atomic E-state index is 10.4. The summed E-state index contributed by atoms with van der Waals surface area (Å²) in [7, 11) is 0. The number of aromatic nitrogens is 1. The Kier molecular flexibility index (Phi) is 5.75. The summed E-state index contributed by atoms with van der Waals surface area (Å²) in [5.41, 5.74) is 0.962. The van der Waals surface area contributed by atoms with Crippen molar-refractivity contribution in [1.29, 1.82) is 0 Å². The quantitative estimate of drug-likeness (QED) is 0.629. The van der Waals surface area contributed by atoms with Crippen LogP contribution in [0.4, 0.5) is 17.1 Å². The van der Waals surface area contributed by atoms with Crippen LogP contribution in [0.2, 0.25) is 0 Å². The number of non-ortho nitro benzene ring substituents is 1. The minimum Gasteiger partial charge on any atom is -0.497 e. The van der Waals surface area contributed by atoms with E-state index in [9.17, 15) is 30.3 Å². The summed E-state index contributed by atoms with van der Waals surface area (Å²) in [5.74, 6) is -1.21. The summed E-state index contributed by atoms with van der Waals surface area (Å²) in [5, 5.41) is 40.2. The first-order valence-corrected chi connectivity index (χ1v) is 7.63. The van der Waals surface area contributed by atoms with E-state index >= 15 is 0 Å². The van der Waals surface area contributed by atoms with Gasteiger partial charge in [-0.15, -0.1) is 0 Å². The van der Waals surface area contributed by atoms with Crippen molar-refractivity contribution in [2.24, 2.45) is 0 Å². The molecule has 0 fully saturated rings. The van der Waals surface area contributed by atoms with Gasteiger partial charge in [-0.25, -0.2) is 0 Å². The summed E-state index contributed by atoms with van der Waals surface area (Å²) in [4.78, 5) is 32.1. The van der Waals surface area contributed by atoms with Crippen LogP contribution >= 0.6 is 0 Å². The van der Waals surface area contributed by atoms with Gasteiger partial charge in [-0.3, -0.25) is 35.3 Å². The van der Waals surface area contributed by atoms with E-state index in [4.69, 9.17) is 5.11 Å². The molecular weight excluding hydrogens is 360 g/mol. The third kappa shape index (κ3) is 4.39. The van der Waals surface area contributed by atoms with Crippen molar-refractivity contribution in [2.75, 3.05) is 0 Å². The van der Waals surface area contributed by atoms with Gasteiger partial charge in [-0.05, 0) is 37.0 Å². The van der Waals surface area contributed by atoms with Gasteiger partial charge in [0.15, 0.2) is 0 Å². The predicted octanol–water partition coefficient (Wildman–Crippen LogP) is 3.55. The van der Waals surface area contributed by atoms with E-state index in [1.807, 2.05) is 12.3 Å². The average molecular weight is 374 g/mol. The van der Waals surface area contributed by atoms with E-state index in [0.717, 1.165) is 12.8 Å². The lowest BCUT2D eigenvalue weighted by atomic mass is 9.96. The van der Waals surface area contributed by atoms with Gasteiger partial charge in [-0.2, -0.15) is 0 Å². The van der Waals surface area contributed by atoms with Crippen molar-refractivity contribution in [3.63, 3.8) is 0 Å². The first-order valence-electron chi connectivity index (χ1n) is 7.63. The molecule has 1 heterocycles. The van der Waals surface area contributed by atoms with Gasteiger partial charge in [0.25, 0.3) is 11.4 Å². The number of hydrogen-bond donors (Lipinski definition) is 1. The third-order valence-electron chi connectivity index (χ3n) is 3.81. The molecule has 1 N–H and O–H groups in total. The van der Waals surface area contributed by atoms with E-state index in [1.165, 1.54) is 16.8 Å². The Morgan fingerprint density at radius 2 is 1.63 bits per heavy atom. The van der Waals surface area contributed by atoms with Crippen LogP contribution in [0.5, 0.6) is 5.75 Å². The molecule has 2 aromatic rings. The molecule has 0 aliphatic heterocycles. The van der Waals surface area contributed by atoms with Gasteiger partial charge in [0.05, 0.1) is 26.9 Å². The molecule has 0 bridgehead atoms. The Bertz CT molecular complexity index is 921. The van der Waals surface area contributed by atoms with E-state index in [2.05, 4.69) is 24.1 Å². The standard InChI is InChI=1S/C10H11N.C6H3N3O7/c1-8-4-2-6-10-9(8)5-3-7-11-10;10-6-4(8(13)14)1-3(7(11)12)2-5(6)9(15)16/h3-5,7H,2,6H2,1H3;1-2,10H. The van der Waals surface area contributed by atoms with Crippen LogP contribution in [0.25, 0.3) is 5.57 Å². The second-order valence-electron chi connectivity index (χ2n) is 5.53. The van der Waals surface area contributed by atoms with Gasteiger partial charge in [0.1, 0.15) is 0 Å². The second kappa shape index (κ2) is 7.99. The fourth-order valence-electron chi connectivity index (χ4n) is 2.51. The van der Waals surface area contributed by atoms with Crippen molar-refractivity contribution >= 4 is 22.6 Å². The molecule has 1 aromatic carbocycles. The number of nitro benzene ring substituents is 3. The molecule has 0 saturated carbocycles. The highest BCUT2D eigenvalue weighted by molar-refractivity contribution is 5.67. The van der Waals surface area contributed by atoms with Gasteiger partial charge in [0.2, 0.25) is 0 Å². The zero-order valence-corrected chi connectivity index (χ0v) is 14.1. The normalized spacial score (nSPS) is 12.1. The van der Waals surface area contributed by atoms with Crippen LogP contribution < -0.4 is 0 Å². The predicted molar refractivity (Wildman–Crippen MR) is 94.3 cm³/mol. The topological polar surface area (TPSA) is 163 Å². The Morgan fingerprint density at radius 3 is 2.11 bits per heavy atom. The molecule has 27 heavy (non-hydrogen) atoms. The number of pyridine rings is 1. The maximum Gasteiger partial charge on any atom is 0.324 e. The van der Waals surface area contributed by atoms with Gasteiger partial charge < -0.3 is 5.11 Å². The number of allylic oxidation sites excluding steroid dienone is 2. The maximum absolute atomic E-state index is 10.4. The highest BCUT2D eigenvalue weighted by atomic mass is 16.6. The number of aromatic hydroxyl groups is 1. The van der Waals surface area contributed by atoms with E-state index in [0.29, 0.717) is 12.1 Å². The fourth-order valence-corrected chi connectivity index (χ4v) is 2.51. The van der Waals surface area contributed by atoms with Crippen LogP contribution in [0, 0.1) is 30.3 Å². The molecule has 0 atom stereocenters. The van der Waals surface area contributed by atoms with Crippen molar-refractivity contribution < 1.29 is 19.9 Å². The fraction of sp³-hybridized carbons (Fsp3) is 0.188. The smallest absolute Gasteiger partial charge is 0.324 e. The number of nitro groups is 3. The van der Waals surface area contributed by atoms with Crippen LogP contribution in [0.15, 0.2) is 36.5 Å². The van der Waals surface area contributed by atoms with Crippen molar-refractivity contribution in [1.82, 2.24) is 4.98 Å². The number of aryl methyl sites for hydroxylation is 1. The molecule has 0 radical (unpaired) electrons. The molecule has 140 valence electrons. The highest BCUT2D eigenvalue weighted by Gasteiger charge is 2.30. The average Bonchev–Trinajstić information content (AvgIpc) is 2.62. The minimum absolute atomic E-state index is 0.447. The van der Waals surface area contributed by atoms with Crippen molar-refractivity contribution in [2.45, 2.75) is 19.8 Å². The SMILES string of the molecule is CC1=CCCc2ncccc21.O=[N+]([O-])c1cc([N+](=O)[O-])c(O)c([N+](=O)[O-])c1. The lowest BCUT2D eigenvalue weighted by molar-refractivity contribution is -0.404. The van der Waals surface area contributed by atoms with Crippen LogP contribution in [-0.4, -0.2) is 24.9 Å². The molecule has 0 amide bonds. The number of hydrogen-bond acceptors (Lipinski definition) is 8.